The minimum atomic E-state index is -0.614. The van der Waals surface area contributed by atoms with Crippen molar-refractivity contribution in [2.75, 3.05) is 18.6 Å². The van der Waals surface area contributed by atoms with Gasteiger partial charge in [0.2, 0.25) is 5.88 Å². The molecule has 0 aliphatic carbocycles. The third-order valence-electron chi connectivity index (χ3n) is 2.97. The predicted octanol–water partition coefficient (Wildman–Crippen LogP) is 2.15. The first-order chi connectivity index (χ1) is 8.77. The topological polar surface area (TPSA) is 55.2 Å². The van der Waals surface area contributed by atoms with Crippen LogP contribution in [-0.2, 0) is 0 Å². The van der Waals surface area contributed by atoms with E-state index in [1.54, 1.807) is 19.5 Å². The van der Waals surface area contributed by atoms with E-state index >= 15 is 0 Å². The van der Waals surface area contributed by atoms with Crippen LogP contribution in [0.5, 0.6) is 5.88 Å². The third kappa shape index (κ3) is 2.92. The first kappa shape index (κ1) is 14.0. The number of hydrogen-bond donors (Lipinski definition) is 1. The molecule has 0 aromatic carbocycles. The fraction of sp³-hybridized carbons (Fsp3) is 0.667. The van der Waals surface area contributed by atoms with Gasteiger partial charge in [-0.25, -0.2) is 4.98 Å². The summed E-state index contributed by atoms with van der Waals surface area (Å²) in [5.74, 6) is 2.66. The molecule has 1 saturated heterocycles. The molecule has 0 radical (unpaired) electrons. The van der Waals surface area contributed by atoms with E-state index in [0.717, 1.165) is 17.9 Å². The molecule has 0 spiro atoms. The van der Waals surface area contributed by atoms with Gasteiger partial charge in [0.05, 0.1) is 7.11 Å². The van der Waals surface area contributed by atoms with Crippen LogP contribution in [0.15, 0.2) is 12.4 Å². The number of rotatable bonds is 4. The van der Waals surface area contributed by atoms with Crippen LogP contribution in [0.25, 0.3) is 0 Å². The van der Waals surface area contributed by atoms with Crippen molar-refractivity contribution in [2.24, 2.45) is 0 Å². The zero-order chi connectivity index (χ0) is 13.0. The van der Waals surface area contributed by atoms with E-state index in [0.29, 0.717) is 16.8 Å². The fourth-order valence-corrected chi connectivity index (χ4v) is 5.19. The number of hydrogen-bond acceptors (Lipinski definition) is 6. The maximum Gasteiger partial charge on any atom is 0.238 e. The Hall–Kier alpha value is -0.460. The maximum absolute atomic E-state index is 10.5. The van der Waals surface area contributed by atoms with Gasteiger partial charge >= 0.3 is 0 Å². The van der Waals surface area contributed by atoms with Gasteiger partial charge < -0.3 is 9.84 Å². The average molecular weight is 286 g/mol. The number of nitrogens with zero attached hydrogens (tertiary/aromatic N) is 2. The first-order valence-corrected chi connectivity index (χ1v) is 8.13. The van der Waals surface area contributed by atoms with Crippen LogP contribution in [0.1, 0.15) is 25.1 Å². The van der Waals surface area contributed by atoms with Gasteiger partial charge in [0, 0.05) is 34.4 Å². The average Bonchev–Trinajstić information content (AvgIpc) is 2.46. The largest absolute Gasteiger partial charge is 0.480 e. The Morgan fingerprint density at radius 1 is 1.39 bits per heavy atom. The van der Waals surface area contributed by atoms with Gasteiger partial charge in [0.25, 0.3) is 0 Å². The summed E-state index contributed by atoms with van der Waals surface area (Å²) < 4.78 is 5.18. The van der Waals surface area contributed by atoms with E-state index in [-0.39, 0.29) is 5.25 Å². The molecule has 1 fully saturated rings. The zero-order valence-corrected chi connectivity index (χ0v) is 12.2. The van der Waals surface area contributed by atoms with Gasteiger partial charge in [-0.15, -0.1) is 0 Å². The van der Waals surface area contributed by atoms with Gasteiger partial charge in [-0.05, 0) is 6.42 Å². The summed E-state index contributed by atoms with van der Waals surface area (Å²) >= 11 is 3.76. The van der Waals surface area contributed by atoms with Crippen LogP contribution in [0.4, 0.5) is 0 Å². The molecule has 100 valence electrons. The summed E-state index contributed by atoms with van der Waals surface area (Å²) in [5.41, 5.74) is 0.554. The molecule has 1 aromatic heterocycles. The summed E-state index contributed by atoms with van der Waals surface area (Å²) in [7, 11) is 1.56. The monoisotopic (exact) mass is 286 g/mol. The number of ether oxygens (including phenoxy) is 1. The van der Waals surface area contributed by atoms with Crippen molar-refractivity contribution in [1.82, 2.24) is 9.97 Å². The molecule has 3 unspecified atom stereocenters. The molecular formula is C12H18N2O2S2. The lowest BCUT2D eigenvalue weighted by molar-refractivity contribution is 0.162. The molecular weight excluding hydrogens is 268 g/mol. The Bertz CT molecular complexity index is 392. The number of aliphatic hydroxyl groups excluding tert-OH is 1. The molecule has 1 aliphatic heterocycles. The van der Waals surface area contributed by atoms with Crippen LogP contribution >= 0.6 is 23.5 Å². The van der Waals surface area contributed by atoms with E-state index in [1.807, 2.05) is 23.5 Å². The predicted molar refractivity (Wildman–Crippen MR) is 76.3 cm³/mol. The highest BCUT2D eigenvalue weighted by atomic mass is 32.2. The summed E-state index contributed by atoms with van der Waals surface area (Å²) in [4.78, 5) is 8.34. The standard InChI is InChI=1S/C12H18N2O2S2/c1-3-8-11(18-7-6-17-8)10(15)9-12(16-2)14-5-4-13-9/h4-5,8,10-11,15H,3,6-7H2,1-2H3. The van der Waals surface area contributed by atoms with E-state index < -0.39 is 6.10 Å². The molecule has 2 rings (SSSR count). The van der Waals surface area contributed by atoms with Gasteiger partial charge in [0.1, 0.15) is 11.8 Å². The Labute approximate surface area is 116 Å². The SMILES string of the molecule is CCC1SCCSC1C(O)c1nccnc1OC. The number of thioether (sulfide) groups is 2. The molecule has 3 atom stereocenters. The second-order valence-electron chi connectivity index (χ2n) is 4.05. The molecule has 18 heavy (non-hydrogen) atoms. The van der Waals surface area contributed by atoms with Crippen LogP contribution in [0, 0.1) is 0 Å². The molecule has 0 bridgehead atoms. The quantitative estimate of drug-likeness (QED) is 0.915. The molecule has 0 amide bonds. The van der Waals surface area contributed by atoms with Crippen molar-refractivity contribution >= 4 is 23.5 Å². The summed E-state index contributed by atoms with van der Waals surface area (Å²) in [6.07, 6.45) is 3.62. The van der Waals surface area contributed by atoms with Gasteiger partial charge in [0.15, 0.2) is 0 Å². The van der Waals surface area contributed by atoms with Crippen LogP contribution in [0.3, 0.4) is 0 Å². The normalized spacial score (nSPS) is 25.7. The third-order valence-corrected chi connectivity index (χ3v) is 6.31. The minimum Gasteiger partial charge on any atom is -0.480 e. The van der Waals surface area contributed by atoms with Crippen molar-refractivity contribution < 1.29 is 9.84 Å². The molecule has 1 aliphatic rings. The van der Waals surface area contributed by atoms with E-state index in [1.165, 1.54) is 0 Å². The van der Waals surface area contributed by atoms with Crippen molar-refractivity contribution in [3.8, 4) is 5.88 Å². The number of aliphatic hydroxyl groups is 1. The smallest absolute Gasteiger partial charge is 0.238 e. The number of aromatic nitrogens is 2. The van der Waals surface area contributed by atoms with Crippen molar-refractivity contribution in [3.05, 3.63) is 18.1 Å². The lowest BCUT2D eigenvalue weighted by Crippen LogP contribution is -2.31. The van der Waals surface area contributed by atoms with Crippen molar-refractivity contribution in [2.45, 2.75) is 29.9 Å². The molecule has 4 nitrogen and oxygen atoms in total. The lowest BCUT2D eigenvalue weighted by atomic mass is 10.1. The van der Waals surface area contributed by atoms with Crippen molar-refractivity contribution in [3.63, 3.8) is 0 Å². The Morgan fingerprint density at radius 2 is 2.11 bits per heavy atom. The highest BCUT2D eigenvalue weighted by Crippen LogP contribution is 2.41. The summed E-state index contributed by atoms with van der Waals surface area (Å²) in [6, 6.07) is 0. The molecule has 0 saturated carbocycles. The highest BCUT2D eigenvalue weighted by molar-refractivity contribution is 8.07. The summed E-state index contributed by atoms with van der Waals surface area (Å²) in [6.45, 7) is 2.16. The minimum absolute atomic E-state index is 0.166. The fourth-order valence-electron chi connectivity index (χ4n) is 2.08. The van der Waals surface area contributed by atoms with Crippen LogP contribution in [0.2, 0.25) is 0 Å². The second-order valence-corrected chi connectivity index (χ2v) is 6.68. The van der Waals surface area contributed by atoms with E-state index in [4.69, 9.17) is 4.74 Å². The van der Waals surface area contributed by atoms with Crippen LogP contribution in [-0.4, -0.2) is 44.2 Å². The zero-order valence-electron chi connectivity index (χ0n) is 10.6. The highest BCUT2D eigenvalue weighted by Gasteiger charge is 2.34. The van der Waals surface area contributed by atoms with Gasteiger partial charge in [-0.3, -0.25) is 4.98 Å². The molecule has 1 aromatic rings. The Balaban J connectivity index is 2.20. The van der Waals surface area contributed by atoms with Crippen molar-refractivity contribution in [1.29, 1.82) is 0 Å². The summed E-state index contributed by atoms with van der Waals surface area (Å²) in [5, 5.41) is 11.2. The van der Waals surface area contributed by atoms with Gasteiger partial charge in [-0.2, -0.15) is 23.5 Å². The van der Waals surface area contributed by atoms with E-state index in [2.05, 4.69) is 16.9 Å². The first-order valence-electron chi connectivity index (χ1n) is 6.04. The number of methoxy groups -OCH3 is 1. The molecule has 2 heterocycles. The molecule has 1 N–H and O–H groups in total. The maximum atomic E-state index is 10.5. The van der Waals surface area contributed by atoms with Crippen LogP contribution < -0.4 is 4.74 Å². The lowest BCUT2D eigenvalue weighted by Gasteiger charge is -2.33. The Morgan fingerprint density at radius 3 is 2.83 bits per heavy atom. The second kappa shape index (κ2) is 6.63. The van der Waals surface area contributed by atoms with E-state index in [9.17, 15) is 5.11 Å². The van der Waals surface area contributed by atoms with Gasteiger partial charge in [-0.1, -0.05) is 6.92 Å². The molecule has 6 heteroatoms. The Kier molecular flexibility index (Phi) is 5.14.